The number of aryl methyl sites for hydroxylation is 1. The van der Waals surface area contributed by atoms with Crippen molar-refractivity contribution in [3.05, 3.63) is 70.5 Å². The molecule has 0 aliphatic heterocycles. The number of sulfonamides is 1. The summed E-state index contributed by atoms with van der Waals surface area (Å²) in [7, 11) is -2.30. The van der Waals surface area contributed by atoms with E-state index in [-0.39, 0.29) is 10.5 Å². The van der Waals surface area contributed by atoms with Crippen LogP contribution in [0.15, 0.2) is 64.3 Å². The minimum Gasteiger partial charge on any atom is -0.497 e. The van der Waals surface area contributed by atoms with Crippen molar-refractivity contribution in [2.45, 2.75) is 11.8 Å². The molecule has 3 rings (SSSR count). The number of hydrogen-bond donors (Lipinski definition) is 2. The lowest BCUT2D eigenvalue weighted by molar-refractivity contribution is 0.415. The summed E-state index contributed by atoms with van der Waals surface area (Å²) < 4.78 is 33.3. The molecule has 0 unspecified atom stereocenters. The summed E-state index contributed by atoms with van der Waals surface area (Å²) in [5.41, 5.74) is 1.72. The van der Waals surface area contributed by atoms with Gasteiger partial charge in [0.25, 0.3) is 15.6 Å². The molecular weight excluding hydrogens is 354 g/mol. The molecule has 2 N–H and O–H groups in total. The Hall–Kier alpha value is -3.13. The SMILES string of the molecule is COc1cccc(NS(=O)(=O)c2cc(-c3ccc(=O)[nH]n3)ccc2C)c1. The fraction of sp³-hybridized carbons (Fsp3) is 0.111. The minimum absolute atomic E-state index is 0.130. The number of rotatable bonds is 5. The Morgan fingerprint density at radius 3 is 2.58 bits per heavy atom. The zero-order valence-corrected chi connectivity index (χ0v) is 15.0. The van der Waals surface area contributed by atoms with Gasteiger partial charge in [0.2, 0.25) is 0 Å². The van der Waals surface area contributed by atoms with Gasteiger partial charge in [-0.15, -0.1) is 0 Å². The first kappa shape index (κ1) is 17.7. The molecule has 3 aromatic rings. The van der Waals surface area contributed by atoms with Gasteiger partial charge in [-0.3, -0.25) is 9.52 Å². The molecule has 1 aromatic heterocycles. The van der Waals surface area contributed by atoms with Crippen LogP contribution in [0, 0.1) is 6.92 Å². The summed E-state index contributed by atoms with van der Waals surface area (Å²) >= 11 is 0. The van der Waals surface area contributed by atoms with Crippen molar-refractivity contribution in [2.24, 2.45) is 0 Å². The largest absolute Gasteiger partial charge is 0.497 e. The topological polar surface area (TPSA) is 101 Å². The van der Waals surface area contributed by atoms with E-state index in [1.807, 2.05) is 0 Å². The van der Waals surface area contributed by atoms with E-state index in [0.29, 0.717) is 28.3 Å². The maximum absolute atomic E-state index is 12.8. The fourth-order valence-corrected chi connectivity index (χ4v) is 3.77. The monoisotopic (exact) mass is 371 g/mol. The first-order valence-electron chi connectivity index (χ1n) is 7.73. The smallest absolute Gasteiger partial charge is 0.264 e. The van der Waals surface area contributed by atoms with Gasteiger partial charge in [0, 0.05) is 17.7 Å². The third-order valence-electron chi connectivity index (χ3n) is 3.77. The fourth-order valence-electron chi connectivity index (χ4n) is 2.45. The van der Waals surface area contributed by atoms with Crippen LogP contribution in [0.1, 0.15) is 5.56 Å². The number of nitrogens with zero attached hydrogens (tertiary/aromatic N) is 1. The number of benzene rings is 2. The summed E-state index contributed by atoms with van der Waals surface area (Å²) in [6, 6.07) is 14.5. The molecule has 0 amide bonds. The number of methoxy groups -OCH3 is 1. The molecule has 0 aliphatic carbocycles. The Balaban J connectivity index is 2.00. The third kappa shape index (κ3) is 3.75. The van der Waals surface area contributed by atoms with Gasteiger partial charge in [0.05, 0.1) is 23.4 Å². The average molecular weight is 371 g/mol. The van der Waals surface area contributed by atoms with E-state index in [9.17, 15) is 13.2 Å². The highest BCUT2D eigenvalue weighted by Crippen LogP contribution is 2.26. The van der Waals surface area contributed by atoms with Crippen LogP contribution in [0.2, 0.25) is 0 Å². The Kier molecular flexibility index (Phi) is 4.77. The van der Waals surface area contributed by atoms with Crippen molar-refractivity contribution in [1.29, 1.82) is 0 Å². The predicted octanol–water partition coefficient (Wildman–Crippen LogP) is 2.55. The Morgan fingerprint density at radius 2 is 1.88 bits per heavy atom. The lowest BCUT2D eigenvalue weighted by atomic mass is 10.1. The normalized spacial score (nSPS) is 11.2. The molecule has 8 heteroatoms. The van der Waals surface area contributed by atoms with Crippen LogP contribution in [0.25, 0.3) is 11.3 Å². The highest BCUT2D eigenvalue weighted by atomic mass is 32.2. The van der Waals surface area contributed by atoms with E-state index >= 15 is 0 Å². The summed E-state index contributed by atoms with van der Waals surface area (Å²) in [5, 5.41) is 6.28. The van der Waals surface area contributed by atoms with Crippen molar-refractivity contribution >= 4 is 15.7 Å². The van der Waals surface area contributed by atoms with Crippen molar-refractivity contribution < 1.29 is 13.2 Å². The van der Waals surface area contributed by atoms with Gasteiger partial charge < -0.3 is 4.74 Å². The van der Waals surface area contributed by atoms with Gasteiger partial charge in [0.1, 0.15) is 5.75 Å². The zero-order valence-electron chi connectivity index (χ0n) is 14.2. The summed E-state index contributed by atoms with van der Waals surface area (Å²) in [4.78, 5) is 11.3. The van der Waals surface area contributed by atoms with Crippen LogP contribution in [-0.4, -0.2) is 25.7 Å². The van der Waals surface area contributed by atoms with Gasteiger partial charge in [-0.05, 0) is 36.8 Å². The molecule has 0 atom stereocenters. The molecule has 7 nitrogen and oxygen atoms in total. The molecule has 0 saturated carbocycles. The van der Waals surface area contributed by atoms with Crippen LogP contribution in [0.5, 0.6) is 5.75 Å². The van der Waals surface area contributed by atoms with E-state index in [2.05, 4.69) is 14.9 Å². The molecule has 0 saturated heterocycles. The first-order valence-corrected chi connectivity index (χ1v) is 9.21. The average Bonchev–Trinajstić information content (AvgIpc) is 2.62. The predicted molar refractivity (Wildman–Crippen MR) is 98.8 cm³/mol. The Labute approximate surface area is 150 Å². The van der Waals surface area contributed by atoms with E-state index < -0.39 is 10.0 Å². The highest BCUT2D eigenvalue weighted by molar-refractivity contribution is 7.92. The Morgan fingerprint density at radius 1 is 1.08 bits per heavy atom. The summed E-state index contributed by atoms with van der Waals surface area (Å²) in [6.07, 6.45) is 0. The van der Waals surface area contributed by atoms with E-state index in [1.165, 1.54) is 25.3 Å². The lowest BCUT2D eigenvalue weighted by Crippen LogP contribution is -2.14. The molecule has 0 bridgehead atoms. The second kappa shape index (κ2) is 7.01. The molecular formula is C18H17N3O4S. The van der Waals surface area contributed by atoms with Crippen LogP contribution < -0.4 is 15.0 Å². The van der Waals surface area contributed by atoms with Crippen molar-refractivity contribution in [3.63, 3.8) is 0 Å². The van der Waals surface area contributed by atoms with E-state index in [0.717, 1.165) is 0 Å². The molecule has 134 valence electrons. The quantitative estimate of drug-likeness (QED) is 0.718. The van der Waals surface area contributed by atoms with Crippen LogP contribution in [0.3, 0.4) is 0 Å². The van der Waals surface area contributed by atoms with Gasteiger partial charge in [-0.1, -0.05) is 18.2 Å². The maximum Gasteiger partial charge on any atom is 0.264 e. The second-order valence-electron chi connectivity index (χ2n) is 5.62. The number of anilines is 1. The number of aromatic nitrogens is 2. The van der Waals surface area contributed by atoms with Gasteiger partial charge in [-0.2, -0.15) is 5.10 Å². The number of hydrogen-bond acceptors (Lipinski definition) is 5. The standard InChI is InChI=1S/C18H17N3O4S/c1-12-6-7-13(16-8-9-18(22)20-19-16)10-17(12)26(23,24)21-14-4-3-5-15(11-14)25-2/h3-11,21H,1-2H3,(H,20,22). The maximum atomic E-state index is 12.8. The molecule has 0 fully saturated rings. The molecule has 0 radical (unpaired) electrons. The molecule has 26 heavy (non-hydrogen) atoms. The number of ether oxygens (including phenoxy) is 1. The highest BCUT2D eigenvalue weighted by Gasteiger charge is 2.18. The van der Waals surface area contributed by atoms with Crippen LogP contribution >= 0.6 is 0 Å². The molecule has 2 aromatic carbocycles. The Bertz CT molecular complexity index is 1090. The first-order chi connectivity index (χ1) is 12.4. The van der Waals surface area contributed by atoms with Gasteiger partial charge in [0.15, 0.2) is 0 Å². The van der Waals surface area contributed by atoms with Crippen LogP contribution in [-0.2, 0) is 10.0 Å². The summed E-state index contributed by atoms with van der Waals surface area (Å²) in [5.74, 6) is 0.549. The molecule has 0 spiro atoms. The van der Waals surface area contributed by atoms with Gasteiger partial charge >= 0.3 is 0 Å². The summed E-state index contributed by atoms with van der Waals surface area (Å²) in [6.45, 7) is 1.71. The van der Waals surface area contributed by atoms with Crippen molar-refractivity contribution in [1.82, 2.24) is 10.2 Å². The molecule has 1 heterocycles. The molecule has 0 aliphatic rings. The second-order valence-corrected chi connectivity index (χ2v) is 7.27. The minimum atomic E-state index is -3.81. The number of aromatic amines is 1. The third-order valence-corrected chi connectivity index (χ3v) is 5.30. The number of nitrogens with one attached hydrogen (secondary N) is 2. The lowest BCUT2D eigenvalue weighted by Gasteiger charge is -2.12. The van der Waals surface area contributed by atoms with Crippen molar-refractivity contribution in [3.8, 4) is 17.0 Å². The number of H-pyrrole nitrogens is 1. The zero-order chi connectivity index (χ0) is 18.7. The van der Waals surface area contributed by atoms with E-state index in [1.54, 1.807) is 43.3 Å². The van der Waals surface area contributed by atoms with E-state index in [4.69, 9.17) is 4.74 Å². The van der Waals surface area contributed by atoms with Gasteiger partial charge in [-0.25, -0.2) is 13.5 Å². The van der Waals surface area contributed by atoms with Crippen molar-refractivity contribution in [2.75, 3.05) is 11.8 Å². The van der Waals surface area contributed by atoms with Crippen LogP contribution in [0.4, 0.5) is 5.69 Å².